The molecule has 4 rings (SSSR count). The molecule has 0 radical (unpaired) electrons. The van der Waals surface area contributed by atoms with Crippen LogP contribution in [0.1, 0.15) is 113 Å². The third-order valence-electron chi connectivity index (χ3n) is 6.29. The van der Waals surface area contributed by atoms with Crippen LogP contribution in [0, 0.1) is 0 Å². The fourth-order valence-corrected chi connectivity index (χ4v) is 4.44. The minimum atomic E-state index is -1.88. The number of rotatable bonds is 4. The van der Waals surface area contributed by atoms with Crippen LogP contribution in [0.2, 0.25) is 0 Å². The molecule has 4 aliphatic heterocycles. The molecule has 3 saturated heterocycles. The molecule has 24 N–H and O–H groups in total. The first-order valence-electron chi connectivity index (χ1n) is 20.1. The fourth-order valence-electron chi connectivity index (χ4n) is 4.44. The van der Waals surface area contributed by atoms with E-state index >= 15 is 0 Å². The van der Waals surface area contributed by atoms with Crippen molar-refractivity contribution >= 4 is 0 Å². The SMILES string of the molecule is CC(O)O.CC(O)O.CC(O)O.CC(O)O.CC(O)O.CC(O)O.CC(O)O.CC(O)O.O.O.OC(O)(C1=CC=CC[N-]1)C1CCCC[N-]1.OC(O)(C1CCCC[N-]1)C1CCCC[N-]1.[Zn].[Zn].[Zn].[Zn].[Zn].[Zn]. The van der Waals surface area contributed by atoms with E-state index in [1.54, 1.807) is 12.2 Å². The molecule has 3 unspecified atom stereocenters. The smallest absolute Gasteiger partial charge is 0.152 e. The van der Waals surface area contributed by atoms with Gasteiger partial charge in [-0.05, 0) is 55.4 Å². The van der Waals surface area contributed by atoms with Gasteiger partial charge in [0.1, 0.15) is 56.1 Å². The van der Waals surface area contributed by atoms with Crippen molar-refractivity contribution in [1.29, 1.82) is 0 Å². The molecule has 0 bridgehead atoms. The van der Waals surface area contributed by atoms with E-state index in [9.17, 15) is 20.4 Å². The maximum atomic E-state index is 10.1. The normalized spacial score (nSPS) is 17.2. The van der Waals surface area contributed by atoms with Crippen molar-refractivity contribution in [2.45, 2.75) is 193 Å². The van der Waals surface area contributed by atoms with E-state index in [1.807, 2.05) is 6.08 Å². The molecule has 3 atom stereocenters. The average Bonchev–Trinajstić information content (AvgIpc) is 3.12. The first kappa shape index (κ1) is 108. The van der Waals surface area contributed by atoms with Crippen LogP contribution in [0.5, 0.6) is 0 Å². The Morgan fingerprint density at radius 1 is 0.400 bits per heavy atom. The van der Waals surface area contributed by atoms with Crippen LogP contribution in [0.25, 0.3) is 21.3 Å². The zero-order chi connectivity index (χ0) is 50.1. The third-order valence-corrected chi connectivity index (χ3v) is 6.29. The van der Waals surface area contributed by atoms with E-state index < -0.39 is 67.9 Å². The number of nitrogens with zero attached hydrogens (tertiary/aromatic N) is 4. The maximum Gasteiger partial charge on any atom is 0.152 e. The summed E-state index contributed by atoms with van der Waals surface area (Å²) in [6.45, 7) is 13.0. The second-order valence-corrected chi connectivity index (χ2v) is 13.6. The Kier molecular flexibility index (Phi) is 109. The van der Waals surface area contributed by atoms with Gasteiger partial charge in [0, 0.05) is 117 Å². The average molecular weight is 1350 g/mol. The van der Waals surface area contributed by atoms with Crippen molar-refractivity contribution in [3.05, 3.63) is 45.2 Å². The van der Waals surface area contributed by atoms with Crippen molar-refractivity contribution in [3.63, 3.8) is 0 Å². The molecule has 4 heterocycles. The molecule has 0 aliphatic carbocycles. The fraction of sp³-hybridized carbons (Fsp3) is 0.895. The van der Waals surface area contributed by atoms with Crippen molar-refractivity contribution < 1.29 is 230 Å². The van der Waals surface area contributed by atoms with Gasteiger partial charge in [0.15, 0.2) is 5.79 Å². The summed E-state index contributed by atoms with van der Waals surface area (Å²) in [4.78, 5) is 0. The van der Waals surface area contributed by atoms with Gasteiger partial charge in [0.25, 0.3) is 0 Å². The van der Waals surface area contributed by atoms with Gasteiger partial charge in [-0.2, -0.15) is 0 Å². The number of piperidine rings is 3. The second-order valence-electron chi connectivity index (χ2n) is 13.6. The van der Waals surface area contributed by atoms with Crippen LogP contribution < -0.4 is 0 Å². The molecule has 3 fully saturated rings. The molecule has 408 valence electrons. The van der Waals surface area contributed by atoms with Gasteiger partial charge in [0.2, 0.25) is 0 Å². The monoisotopic (exact) mass is 1340 g/mol. The summed E-state index contributed by atoms with van der Waals surface area (Å²) in [7, 11) is 0. The zero-order valence-corrected chi connectivity index (χ0v) is 60.6. The number of hydrogen-bond donors (Lipinski definition) is 20. The van der Waals surface area contributed by atoms with Crippen LogP contribution in [0.3, 0.4) is 0 Å². The summed E-state index contributed by atoms with van der Waals surface area (Å²) in [5.41, 5.74) is 0.334. The molecule has 0 aromatic heterocycles. The van der Waals surface area contributed by atoms with Crippen molar-refractivity contribution in [2.75, 3.05) is 26.2 Å². The summed E-state index contributed by atoms with van der Waals surface area (Å²) in [6.07, 6.45) is 4.58. The van der Waals surface area contributed by atoms with Crippen LogP contribution in [-0.2, 0) is 117 Å². The molecule has 0 amide bonds. The molecule has 0 aromatic carbocycles. The van der Waals surface area contributed by atoms with Gasteiger partial charge in [-0.1, -0.05) is 88.1 Å². The third kappa shape index (κ3) is 99.1. The molecule has 0 aromatic rings. The van der Waals surface area contributed by atoms with Crippen molar-refractivity contribution in [2.24, 2.45) is 0 Å². The van der Waals surface area contributed by atoms with Crippen molar-refractivity contribution in [3.8, 4) is 0 Å². The maximum absolute atomic E-state index is 10.1. The molecule has 26 nitrogen and oxygen atoms in total. The van der Waals surface area contributed by atoms with E-state index in [0.29, 0.717) is 12.2 Å². The Bertz CT molecular complexity index is 876. The Balaban J connectivity index is -0.0000000441. The topological polar surface area (TPSA) is 524 Å². The van der Waals surface area contributed by atoms with Gasteiger partial charge in [-0.25, -0.2) is 0 Å². The molecule has 0 spiro atoms. The van der Waals surface area contributed by atoms with Gasteiger partial charge in [0.05, 0.1) is 0 Å². The van der Waals surface area contributed by atoms with E-state index in [1.165, 1.54) is 55.4 Å². The number of aliphatic hydroxyl groups is 20. The molecule has 0 saturated carbocycles. The van der Waals surface area contributed by atoms with E-state index in [0.717, 1.165) is 77.4 Å². The largest absolute Gasteiger partial charge is 0.680 e. The van der Waals surface area contributed by atoms with Gasteiger partial charge in [-0.3, -0.25) is 0 Å². The van der Waals surface area contributed by atoms with Crippen LogP contribution >= 0.6 is 0 Å². The van der Waals surface area contributed by atoms with Gasteiger partial charge < -0.3 is 134 Å². The quantitative estimate of drug-likeness (QED) is 0.0938. The summed E-state index contributed by atoms with van der Waals surface area (Å²) in [6, 6.07) is -1.07. The van der Waals surface area contributed by atoms with Crippen molar-refractivity contribution in [1.82, 2.24) is 0 Å². The summed E-state index contributed by atoms with van der Waals surface area (Å²) in [5.74, 6) is -3.58. The molecule has 70 heavy (non-hydrogen) atoms. The van der Waals surface area contributed by atoms with Gasteiger partial charge in [-0.15, -0.1) is 38.0 Å². The minimum Gasteiger partial charge on any atom is -0.680 e. The Labute approximate surface area is 490 Å². The van der Waals surface area contributed by atoms with Crippen LogP contribution in [0.4, 0.5) is 0 Å². The first-order valence-corrected chi connectivity index (χ1v) is 20.1. The summed E-state index contributed by atoms with van der Waals surface area (Å²) >= 11 is 0. The van der Waals surface area contributed by atoms with Crippen LogP contribution in [-0.4, -0.2) is 219 Å². The van der Waals surface area contributed by atoms with E-state index in [-0.39, 0.29) is 140 Å². The van der Waals surface area contributed by atoms with Crippen LogP contribution in [0.15, 0.2) is 23.9 Å². The Morgan fingerprint density at radius 2 is 0.614 bits per heavy atom. The van der Waals surface area contributed by atoms with E-state index in [2.05, 4.69) is 21.3 Å². The standard InChI is InChI=1S/C11H20N2O2.C11H16N2O2.8C2H6O2.2H2O.6Zn/c2*14-11(15,9-5-1-3-7-12-9)10-6-2-4-8-13-10;8*1-2(3)4;;;;;;;;/h9-10,14-15H,1-8H2;1,3,5,10,14-15H,2,4,6-8H2;8*2-4H,1H3;2*1H2;;;;;;/q2*-2;;;;;;;;;;;;;;;;. The first-order chi connectivity index (χ1) is 28.3. The molecule has 4 aliphatic rings. The molecule has 32 heteroatoms. The van der Waals surface area contributed by atoms with Gasteiger partial charge >= 0.3 is 0 Å². The number of aliphatic hydroxyl groups excluding tert-OH is 8. The Morgan fingerprint density at radius 3 is 0.786 bits per heavy atom. The number of hydrogen-bond acceptors (Lipinski definition) is 20. The van der Waals surface area contributed by atoms with E-state index in [4.69, 9.17) is 81.7 Å². The molecular formula is C38H88N4O22Zn6-4. The number of allylic oxidation sites excluding steroid dienone is 2. The predicted molar refractivity (Wildman–Crippen MR) is 236 cm³/mol. The zero-order valence-electron chi connectivity index (χ0n) is 42.8. The molecular weight excluding hydrogens is 1260 g/mol. The summed E-state index contributed by atoms with van der Waals surface area (Å²) < 4.78 is 0. The summed E-state index contributed by atoms with van der Waals surface area (Å²) in [5, 5.41) is 179. The Hall–Kier alpha value is 2.02. The predicted octanol–water partition coefficient (Wildman–Crippen LogP) is -4.19. The minimum absolute atomic E-state index is 0. The second kappa shape index (κ2) is 71.0.